The van der Waals surface area contributed by atoms with Crippen molar-refractivity contribution in [2.45, 2.75) is 23.3 Å². The molecule has 5 nitrogen and oxygen atoms in total. The number of thiophene rings is 1. The second-order valence-electron chi connectivity index (χ2n) is 4.70. The van der Waals surface area contributed by atoms with Gasteiger partial charge in [0.1, 0.15) is 0 Å². The zero-order valence-electron chi connectivity index (χ0n) is 11.6. The molecule has 1 aliphatic rings. The largest absolute Gasteiger partial charge is 0.376 e. The van der Waals surface area contributed by atoms with Crippen LogP contribution in [0.1, 0.15) is 22.5 Å². The smallest absolute Gasteiger partial charge is 0.206 e. The van der Waals surface area contributed by atoms with Gasteiger partial charge < -0.3 is 10.1 Å². The van der Waals surface area contributed by atoms with Crippen LogP contribution < -0.4 is 5.32 Å². The number of ether oxygens (including phenoxy) is 1. The molecule has 0 spiro atoms. The van der Waals surface area contributed by atoms with Gasteiger partial charge in [-0.1, -0.05) is 34.7 Å². The predicted octanol–water partition coefficient (Wildman–Crippen LogP) is 3.82. The maximum absolute atomic E-state index is 12.0. The molecule has 1 saturated heterocycles. The van der Waals surface area contributed by atoms with Crippen molar-refractivity contribution in [3.8, 4) is 0 Å². The van der Waals surface area contributed by atoms with Crippen LogP contribution >= 0.6 is 46.0 Å². The molecule has 2 aromatic heterocycles. The zero-order chi connectivity index (χ0) is 15.4. The van der Waals surface area contributed by atoms with E-state index in [2.05, 4.69) is 15.5 Å². The second-order valence-corrected chi connectivity index (χ2v) is 8.62. The van der Waals surface area contributed by atoms with Crippen LogP contribution in [0.4, 0.5) is 5.13 Å². The maximum Gasteiger partial charge on any atom is 0.206 e. The van der Waals surface area contributed by atoms with Gasteiger partial charge in [0.15, 0.2) is 10.1 Å². The number of hydrogen-bond donors (Lipinski definition) is 1. The molecule has 0 radical (unpaired) electrons. The lowest BCUT2D eigenvalue weighted by atomic mass is 10.2. The van der Waals surface area contributed by atoms with Crippen LogP contribution in [0.5, 0.6) is 0 Å². The highest BCUT2D eigenvalue weighted by atomic mass is 35.5. The predicted molar refractivity (Wildman–Crippen MR) is 91.8 cm³/mol. The average molecular weight is 376 g/mol. The summed E-state index contributed by atoms with van der Waals surface area (Å²) in [6.45, 7) is 1.60. The van der Waals surface area contributed by atoms with Gasteiger partial charge in [0, 0.05) is 13.2 Å². The molecule has 2 aromatic rings. The molecule has 0 saturated carbocycles. The van der Waals surface area contributed by atoms with Crippen molar-refractivity contribution >= 4 is 57.0 Å². The van der Waals surface area contributed by atoms with E-state index in [0.717, 1.165) is 35.5 Å². The SMILES string of the molecule is O=C(CSc1nnc(NC[C@H]2CCCO2)s1)c1ccc(Cl)s1. The first-order valence-electron chi connectivity index (χ1n) is 6.81. The van der Waals surface area contributed by atoms with Crippen LogP contribution in [0, 0.1) is 0 Å². The molecule has 9 heteroatoms. The van der Waals surface area contributed by atoms with E-state index < -0.39 is 0 Å². The maximum atomic E-state index is 12.0. The summed E-state index contributed by atoms with van der Waals surface area (Å²) in [5.41, 5.74) is 0. The number of carbonyl (C=O) groups excluding carboxylic acids is 1. The Bertz CT molecular complexity index is 640. The van der Waals surface area contributed by atoms with Crippen molar-refractivity contribution in [3.05, 3.63) is 21.3 Å². The third kappa shape index (κ3) is 4.42. The number of halogens is 1. The molecule has 1 N–H and O–H groups in total. The quantitative estimate of drug-likeness (QED) is 0.586. The van der Waals surface area contributed by atoms with Gasteiger partial charge in [-0.15, -0.1) is 21.5 Å². The van der Waals surface area contributed by atoms with E-state index in [1.54, 1.807) is 12.1 Å². The first-order valence-corrected chi connectivity index (χ1v) is 9.80. The highest BCUT2D eigenvalue weighted by molar-refractivity contribution is 8.01. The lowest BCUT2D eigenvalue weighted by Crippen LogP contribution is -2.18. The van der Waals surface area contributed by atoms with Crippen LogP contribution in [0.25, 0.3) is 0 Å². The van der Waals surface area contributed by atoms with Gasteiger partial charge in [0.25, 0.3) is 0 Å². The topological polar surface area (TPSA) is 64.1 Å². The summed E-state index contributed by atoms with van der Waals surface area (Å²) >= 11 is 9.99. The van der Waals surface area contributed by atoms with E-state index in [-0.39, 0.29) is 11.9 Å². The van der Waals surface area contributed by atoms with Crippen molar-refractivity contribution in [2.24, 2.45) is 0 Å². The standard InChI is InChI=1S/C13H14ClN3O2S3/c14-11-4-3-10(21-11)9(18)7-20-13-17-16-12(22-13)15-6-8-2-1-5-19-8/h3-4,8H,1-2,5-7H2,(H,15,16)/t8-/m1/s1. The fourth-order valence-corrected chi connectivity index (χ4v) is 4.72. The molecule has 1 fully saturated rings. The number of hydrogen-bond acceptors (Lipinski definition) is 8. The number of nitrogens with zero attached hydrogens (tertiary/aromatic N) is 2. The number of nitrogens with one attached hydrogen (secondary N) is 1. The zero-order valence-corrected chi connectivity index (χ0v) is 14.8. The molecule has 0 aliphatic carbocycles. The molecule has 0 unspecified atom stereocenters. The molecule has 118 valence electrons. The summed E-state index contributed by atoms with van der Waals surface area (Å²) in [5, 5.41) is 12.2. The van der Waals surface area contributed by atoms with Gasteiger partial charge in [-0.3, -0.25) is 4.79 Å². The van der Waals surface area contributed by atoms with Gasteiger partial charge in [-0.05, 0) is 25.0 Å². The van der Waals surface area contributed by atoms with Crippen LogP contribution in [0.3, 0.4) is 0 Å². The Morgan fingerprint density at radius 1 is 1.45 bits per heavy atom. The molecule has 1 aliphatic heterocycles. The second kappa shape index (κ2) is 7.74. The lowest BCUT2D eigenvalue weighted by molar-refractivity contribution is 0.102. The number of ketones is 1. The van der Waals surface area contributed by atoms with Crippen molar-refractivity contribution < 1.29 is 9.53 Å². The number of anilines is 1. The number of rotatable bonds is 7. The highest BCUT2D eigenvalue weighted by Crippen LogP contribution is 2.28. The molecular weight excluding hydrogens is 362 g/mol. The van der Waals surface area contributed by atoms with Crippen molar-refractivity contribution in [1.29, 1.82) is 0 Å². The van der Waals surface area contributed by atoms with Gasteiger partial charge in [-0.2, -0.15) is 0 Å². The normalized spacial score (nSPS) is 17.8. The minimum Gasteiger partial charge on any atom is -0.376 e. The van der Waals surface area contributed by atoms with Crippen LogP contribution in [0.15, 0.2) is 16.5 Å². The molecule has 0 amide bonds. The van der Waals surface area contributed by atoms with E-state index >= 15 is 0 Å². The summed E-state index contributed by atoms with van der Waals surface area (Å²) in [5.74, 6) is 0.406. The van der Waals surface area contributed by atoms with E-state index in [0.29, 0.717) is 15.0 Å². The third-order valence-corrected chi connectivity index (χ3v) is 6.37. The van der Waals surface area contributed by atoms with Crippen molar-refractivity contribution in [3.63, 3.8) is 0 Å². The van der Waals surface area contributed by atoms with Crippen LogP contribution in [0.2, 0.25) is 4.34 Å². The number of thioether (sulfide) groups is 1. The Labute approximate surface area is 145 Å². The van der Waals surface area contributed by atoms with E-state index in [9.17, 15) is 4.79 Å². The summed E-state index contributed by atoms with van der Waals surface area (Å²) in [6.07, 6.45) is 2.48. The number of aromatic nitrogens is 2. The Morgan fingerprint density at radius 2 is 2.36 bits per heavy atom. The molecule has 3 heterocycles. The first-order chi connectivity index (χ1) is 10.7. The minimum absolute atomic E-state index is 0.0611. The van der Waals surface area contributed by atoms with Gasteiger partial charge in [0.2, 0.25) is 5.13 Å². The number of Topliss-reactive ketones (excluding diaryl/α,β-unsaturated/α-hetero) is 1. The van der Waals surface area contributed by atoms with Gasteiger partial charge in [-0.25, -0.2) is 0 Å². The van der Waals surface area contributed by atoms with Crippen LogP contribution in [-0.4, -0.2) is 41.0 Å². The molecular formula is C13H14ClN3O2S3. The Balaban J connectivity index is 1.46. The van der Waals surface area contributed by atoms with Gasteiger partial charge >= 0.3 is 0 Å². The molecule has 1 atom stereocenters. The summed E-state index contributed by atoms with van der Waals surface area (Å²) < 4.78 is 6.96. The van der Waals surface area contributed by atoms with Crippen LogP contribution in [-0.2, 0) is 4.74 Å². The van der Waals surface area contributed by atoms with Crippen molar-refractivity contribution in [1.82, 2.24) is 10.2 Å². The fraction of sp³-hybridized carbons (Fsp3) is 0.462. The van der Waals surface area contributed by atoms with E-state index in [1.165, 1.54) is 34.4 Å². The lowest BCUT2D eigenvalue weighted by Gasteiger charge is -2.08. The third-order valence-electron chi connectivity index (χ3n) is 3.09. The molecule has 3 rings (SSSR count). The summed E-state index contributed by atoms with van der Waals surface area (Å²) in [7, 11) is 0. The van der Waals surface area contributed by atoms with E-state index in [1.807, 2.05) is 0 Å². The fourth-order valence-electron chi connectivity index (χ4n) is 2.01. The summed E-state index contributed by atoms with van der Waals surface area (Å²) in [6, 6.07) is 3.49. The average Bonchev–Trinajstić information content (AvgIpc) is 3.24. The minimum atomic E-state index is 0.0611. The highest BCUT2D eigenvalue weighted by Gasteiger charge is 2.16. The molecule has 0 aromatic carbocycles. The van der Waals surface area contributed by atoms with E-state index in [4.69, 9.17) is 16.3 Å². The first kappa shape index (κ1) is 16.2. The number of carbonyl (C=O) groups is 1. The Hall–Kier alpha value is -0.670. The molecule has 22 heavy (non-hydrogen) atoms. The Morgan fingerprint density at radius 3 is 3.09 bits per heavy atom. The molecule has 0 bridgehead atoms. The Kier molecular flexibility index (Phi) is 5.70. The van der Waals surface area contributed by atoms with Gasteiger partial charge in [0.05, 0.1) is 21.1 Å². The van der Waals surface area contributed by atoms with Crippen molar-refractivity contribution in [2.75, 3.05) is 24.2 Å². The summed E-state index contributed by atoms with van der Waals surface area (Å²) in [4.78, 5) is 12.7. The monoisotopic (exact) mass is 375 g/mol.